The van der Waals surface area contributed by atoms with Crippen LogP contribution in [-0.2, 0) is 79.7 Å². The maximum Gasteiger partial charge on any atom is 1.00 e. The van der Waals surface area contributed by atoms with Crippen LogP contribution in [0, 0.1) is 0 Å². The molecule has 0 radical (unpaired) electrons. The van der Waals surface area contributed by atoms with Gasteiger partial charge in [-0.3, -0.25) is 37.9 Å². The first kappa shape index (κ1) is 96.7. The third-order valence-corrected chi connectivity index (χ3v) is 18.0. The fourth-order valence-electron chi connectivity index (χ4n) is 10.4. The number of carbonyl (C=O) groups is 6. The van der Waals surface area contributed by atoms with Gasteiger partial charge in [-0.05, 0) is 37.3 Å². The summed E-state index contributed by atoms with van der Waals surface area (Å²) >= 11 is 0. The van der Waals surface area contributed by atoms with Gasteiger partial charge >= 0.3 is 83.0 Å². The Balaban J connectivity index is 0. The maximum atomic E-state index is 12.8. The van der Waals surface area contributed by atoms with Crippen LogP contribution in [0.15, 0.2) is 66.5 Å². The minimum atomic E-state index is -5.20. The van der Waals surface area contributed by atoms with Gasteiger partial charge in [-0.25, -0.2) is 0 Å². The first-order chi connectivity index (χ1) is 45.8. The number of allylic oxidation sites excluding steroid dienone is 4. The minimum Gasteiger partial charge on any atom is -0.756 e. The molecule has 0 aromatic heterocycles. The summed E-state index contributed by atoms with van der Waals surface area (Å²) < 4.78 is 71.5. The number of hydrogen-bond acceptors (Lipinski definition) is 20. The summed E-state index contributed by atoms with van der Waals surface area (Å²) in [6.45, 7) is 8.12. The number of ketones is 2. The van der Waals surface area contributed by atoms with Gasteiger partial charge in [0.1, 0.15) is 19.3 Å². The number of unbranched alkanes of at least 4 members (excludes halogenated alkanes) is 32. The van der Waals surface area contributed by atoms with Gasteiger partial charge in [0.05, 0.1) is 33.5 Å². The number of carbonyl (C=O) groups excluding carboxylic acids is 6. The summed E-state index contributed by atoms with van der Waals surface area (Å²) in [6.07, 6.45) is 38.5. The second-order valence-electron chi connectivity index (χ2n) is 24.8. The van der Waals surface area contributed by atoms with Crippen LogP contribution in [0.1, 0.15) is 296 Å². The number of aliphatic hydroxyl groups excluding tert-OH is 1. The monoisotopic (exact) mass is 1430 g/mol. The molecular formula is C73H122Na2O20P2. The normalized spacial score (nSPS) is 14.5. The standard InChI is InChI=1S/C57H110O17P2.C16H14O3.2Na/c1-5-9-13-17-21-25-29-33-37-41-54(59)67-47-52(73-56(61)43-39-35-31-27-23-19-15-11-7-3)49-71-75(63,64)69-45-51(58)46-70-76(65,66)72-50-53(74-57(62)44-40-36-32-28-24-20-16-12-8-4)48-68-55(60)42-38-34-30-26-22-18-14-10-6-2;1-3-12(11-7-5-4-6-8-11)13-9-15(18)16(19-2)10-14(13)17;;/h51-53,58H,5-50H2,1-4H3,(H,63,64)(H,65,66);3-10,12H,1H2,2H3;;/q;;2*+1/p-2. The van der Waals surface area contributed by atoms with E-state index in [0.717, 1.165) is 108 Å². The quantitative estimate of drug-likeness (QED) is 0.0121. The van der Waals surface area contributed by atoms with Gasteiger partial charge in [0, 0.05) is 43.3 Å². The third kappa shape index (κ3) is 54.9. The molecular weight excluding hydrogens is 1300 g/mol. The molecule has 1 aliphatic carbocycles. The Labute approximate surface area is 627 Å². The predicted molar refractivity (Wildman–Crippen MR) is 367 cm³/mol. The molecule has 5 atom stereocenters. The summed E-state index contributed by atoms with van der Waals surface area (Å²) in [7, 11) is -9.02. The molecule has 0 saturated heterocycles. The van der Waals surface area contributed by atoms with Crippen molar-refractivity contribution in [3.8, 4) is 0 Å². The first-order valence-electron chi connectivity index (χ1n) is 36.2. The van der Waals surface area contributed by atoms with Gasteiger partial charge < -0.3 is 56.7 Å². The molecule has 1 aromatic carbocycles. The minimum absolute atomic E-state index is 0. The van der Waals surface area contributed by atoms with Crippen LogP contribution < -0.4 is 68.9 Å². The summed E-state index contributed by atoms with van der Waals surface area (Å²) in [6, 6.07) is 9.48. The Morgan fingerprint density at radius 2 is 0.742 bits per heavy atom. The molecule has 1 N–H and O–H groups in total. The molecule has 0 saturated carbocycles. The van der Waals surface area contributed by atoms with Crippen molar-refractivity contribution in [3.63, 3.8) is 0 Å². The number of phosphoric ester groups is 2. The van der Waals surface area contributed by atoms with Crippen molar-refractivity contribution in [1.82, 2.24) is 0 Å². The van der Waals surface area contributed by atoms with E-state index in [0.29, 0.717) is 31.3 Å². The van der Waals surface area contributed by atoms with Crippen LogP contribution in [0.2, 0.25) is 0 Å². The summed E-state index contributed by atoms with van der Waals surface area (Å²) in [5.41, 5.74) is 1.35. The van der Waals surface area contributed by atoms with Crippen molar-refractivity contribution in [1.29, 1.82) is 0 Å². The van der Waals surface area contributed by atoms with E-state index in [-0.39, 0.29) is 108 Å². The molecule has 5 unspecified atom stereocenters. The average Bonchev–Trinajstić information content (AvgIpc) is 0.822. The van der Waals surface area contributed by atoms with Crippen molar-refractivity contribution in [3.05, 3.63) is 72.0 Å². The zero-order valence-corrected chi connectivity index (χ0v) is 66.5. The topological polar surface area (TPSA) is 286 Å². The molecule has 0 aliphatic heterocycles. The van der Waals surface area contributed by atoms with Crippen molar-refractivity contribution >= 4 is 51.1 Å². The summed E-state index contributed by atoms with van der Waals surface area (Å²) in [4.78, 5) is 100. The van der Waals surface area contributed by atoms with Crippen molar-refractivity contribution in [2.45, 2.75) is 309 Å². The maximum absolute atomic E-state index is 12.8. The van der Waals surface area contributed by atoms with E-state index in [1.807, 2.05) is 30.3 Å². The van der Waals surface area contributed by atoms with E-state index in [2.05, 4.69) is 34.3 Å². The number of benzene rings is 1. The fraction of sp³-hybridized carbons (Fsp3) is 0.753. The number of aliphatic hydroxyl groups is 1. The number of ether oxygens (including phenoxy) is 5. The SMILES string of the molecule is C=CC(C1=CC(=O)C(OC)=CC1=O)c1ccccc1.CCCCCCCCCCCC(=O)OCC(COP(=O)([O-])OCC(O)COP(=O)([O-])OCC(COC(=O)CCCCCCCCCCC)OC(=O)CCCCCCCCCCC)OC(=O)CCCCCCCCCCC.[Na+].[Na+]. The molecule has 546 valence electrons. The second-order valence-corrected chi connectivity index (χ2v) is 27.6. The van der Waals surface area contributed by atoms with Crippen LogP contribution in [-0.4, -0.2) is 106 Å². The van der Waals surface area contributed by atoms with Gasteiger partial charge in [-0.1, -0.05) is 270 Å². The zero-order valence-electron chi connectivity index (χ0n) is 60.8. The Morgan fingerprint density at radius 3 is 1.05 bits per heavy atom. The largest absolute Gasteiger partial charge is 1.00 e. The third-order valence-electron chi connectivity index (χ3n) is 16.1. The number of phosphoric acid groups is 2. The summed E-state index contributed by atoms with van der Waals surface area (Å²) in [5.74, 6) is -2.96. The van der Waals surface area contributed by atoms with Crippen molar-refractivity contribution in [2.24, 2.45) is 0 Å². The molecule has 0 amide bonds. The Bertz CT molecular complexity index is 2270. The Morgan fingerprint density at radius 1 is 0.443 bits per heavy atom. The average molecular weight is 1430 g/mol. The number of esters is 4. The van der Waals surface area contributed by atoms with Gasteiger partial charge in [-0.15, -0.1) is 6.58 Å². The molecule has 0 spiro atoms. The van der Waals surface area contributed by atoms with Crippen LogP contribution in [0.4, 0.5) is 0 Å². The van der Waals surface area contributed by atoms with E-state index in [1.165, 1.54) is 122 Å². The smallest absolute Gasteiger partial charge is 0.756 e. The van der Waals surface area contributed by atoms with Gasteiger partial charge in [-0.2, -0.15) is 0 Å². The van der Waals surface area contributed by atoms with E-state index >= 15 is 0 Å². The molecule has 20 nitrogen and oxygen atoms in total. The van der Waals surface area contributed by atoms with Gasteiger partial charge in [0.2, 0.25) is 5.78 Å². The van der Waals surface area contributed by atoms with Crippen LogP contribution in [0.3, 0.4) is 0 Å². The van der Waals surface area contributed by atoms with Gasteiger partial charge in [0.25, 0.3) is 15.6 Å². The van der Waals surface area contributed by atoms with E-state index in [1.54, 1.807) is 6.08 Å². The summed E-state index contributed by atoms with van der Waals surface area (Å²) in [5, 5.41) is 10.4. The molecule has 0 fully saturated rings. The number of hydrogen-bond donors (Lipinski definition) is 1. The van der Waals surface area contributed by atoms with Gasteiger partial charge in [0.15, 0.2) is 23.8 Å². The van der Waals surface area contributed by atoms with Crippen molar-refractivity contribution in [2.75, 3.05) is 46.8 Å². The van der Waals surface area contributed by atoms with E-state index in [9.17, 15) is 52.8 Å². The Hall–Kier alpha value is -2.36. The zero-order chi connectivity index (χ0) is 70.1. The second kappa shape index (κ2) is 64.5. The van der Waals surface area contributed by atoms with Crippen LogP contribution >= 0.6 is 15.6 Å². The molecule has 24 heteroatoms. The molecule has 1 aliphatic rings. The molecule has 97 heavy (non-hydrogen) atoms. The van der Waals surface area contributed by atoms with E-state index in [4.69, 9.17) is 41.8 Å². The fourth-order valence-corrected chi connectivity index (χ4v) is 12.0. The first-order valence-corrected chi connectivity index (χ1v) is 39.1. The molecule has 0 bridgehead atoms. The number of methoxy groups -OCH3 is 1. The molecule has 0 heterocycles. The van der Waals surface area contributed by atoms with E-state index < -0.39 is 97.5 Å². The Kier molecular flexibility index (Phi) is 64.3. The van der Waals surface area contributed by atoms with Crippen LogP contribution in [0.5, 0.6) is 0 Å². The van der Waals surface area contributed by atoms with Crippen LogP contribution in [0.25, 0.3) is 0 Å². The predicted octanol–water partition coefficient (Wildman–Crippen LogP) is 10.5. The molecule has 2 rings (SSSR count). The number of rotatable bonds is 62. The molecule has 1 aromatic rings. The van der Waals surface area contributed by atoms with Crippen molar-refractivity contribution < 1.29 is 154 Å².